The summed E-state index contributed by atoms with van der Waals surface area (Å²) >= 11 is 0. The number of rotatable bonds is 4. The Bertz CT molecular complexity index is 654. The molecule has 0 aromatic heterocycles. The van der Waals surface area contributed by atoms with Crippen molar-refractivity contribution in [1.82, 2.24) is 4.72 Å². The van der Waals surface area contributed by atoms with Crippen LogP contribution in [0.1, 0.15) is 37.7 Å². The van der Waals surface area contributed by atoms with Crippen LogP contribution in [0.3, 0.4) is 0 Å². The molecule has 8 heteroatoms. The molecule has 0 radical (unpaired) electrons. The summed E-state index contributed by atoms with van der Waals surface area (Å²) in [5.74, 6) is -1.03. The van der Waals surface area contributed by atoms with Crippen molar-refractivity contribution < 1.29 is 17.7 Å². The second-order valence-corrected chi connectivity index (χ2v) is 6.96. The average molecular weight is 316 g/mol. The fourth-order valence-corrected chi connectivity index (χ4v) is 4.13. The number of aryl methyl sites for hydroxylation is 1. The van der Waals surface area contributed by atoms with Crippen LogP contribution < -0.4 is 4.72 Å². The SMILES string of the molecule is Cc1cc(F)c([N+](=O)[O-])cc1S(=O)(=O)NC1CCCCC1. The van der Waals surface area contributed by atoms with Crippen molar-refractivity contribution in [2.45, 2.75) is 50.0 Å². The molecule has 0 saturated heterocycles. The Balaban J connectivity index is 2.34. The fraction of sp³-hybridized carbons (Fsp3) is 0.538. The zero-order valence-electron chi connectivity index (χ0n) is 11.6. The van der Waals surface area contributed by atoms with Crippen molar-refractivity contribution in [2.24, 2.45) is 0 Å². The van der Waals surface area contributed by atoms with Gasteiger partial charge in [-0.05, 0) is 31.4 Å². The number of nitro benzene ring substituents is 1. The lowest BCUT2D eigenvalue weighted by Gasteiger charge is -2.23. The van der Waals surface area contributed by atoms with E-state index in [2.05, 4.69) is 4.72 Å². The van der Waals surface area contributed by atoms with Gasteiger partial charge in [0.05, 0.1) is 9.82 Å². The van der Waals surface area contributed by atoms with Gasteiger partial charge in [-0.15, -0.1) is 0 Å². The van der Waals surface area contributed by atoms with E-state index in [1.165, 1.54) is 6.92 Å². The van der Waals surface area contributed by atoms with Gasteiger partial charge in [-0.3, -0.25) is 10.1 Å². The van der Waals surface area contributed by atoms with Gasteiger partial charge >= 0.3 is 5.69 Å². The van der Waals surface area contributed by atoms with Gasteiger partial charge in [-0.1, -0.05) is 19.3 Å². The highest BCUT2D eigenvalue weighted by Gasteiger charge is 2.27. The Kier molecular flexibility index (Phi) is 4.58. The van der Waals surface area contributed by atoms with Gasteiger partial charge in [0.25, 0.3) is 0 Å². The van der Waals surface area contributed by atoms with E-state index in [0.29, 0.717) is 0 Å². The van der Waals surface area contributed by atoms with Gasteiger partial charge < -0.3 is 0 Å². The summed E-state index contributed by atoms with van der Waals surface area (Å²) in [6.45, 7) is 1.42. The van der Waals surface area contributed by atoms with Crippen molar-refractivity contribution in [1.29, 1.82) is 0 Å². The first-order valence-electron chi connectivity index (χ1n) is 6.78. The van der Waals surface area contributed by atoms with Gasteiger partial charge in [0.2, 0.25) is 15.8 Å². The molecule has 1 aliphatic rings. The van der Waals surface area contributed by atoms with Gasteiger partial charge in [0.1, 0.15) is 0 Å². The van der Waals surface area contributed by atoms with Crippen LogP contribution in [0.2, 0.25) is 0 Å². The third-order valence-electron chi connectivity index (χ3n) is 3.66. The van der Waals surface area contributed by atoms with E-state index < -0.39 is 26.5 Å². The van der Waals surface area contributed by atoms with Crippen molar-refractivity contribution >= 4 is 15.7 Å². The Hall–Kier alpha value is -1.54. The number of sulfonamides is 1. The average Bonchev–Trinajstić information content (AvgIpc) is 2.38. The lowest BCUT2D eigenvalue weighted by molar-refractivity contribution is -0.387. The van der Waals surface area contributed by atoms with E-state index in [4.69, 9.17) is 0 Å². The molecule has 2 rings (SSSR count). The van der Waals surface area contributed by atoms with E-state index in [1.807, 2.05) is 0 Å². The molecule has 0 atom stereocenters. The fourth-order valence-electron chi connectivity index (χ4n) is 2.57. The standard InChI is InChI=1S/C13H17FN2O4S/c1-9-7-11(14)12(16(17)18)8-13(9)21(19,20)15-10-5-3-2-4-6-10/h7-8,10,15H,2-6H2,1H3. The Morgan fingerprint density at radius 2 is 1.90 bits per heavy atom. The predicted octanol–water partition coefficient (Wildman–Crippen LogP) is 2.65. The molecule has 6 nitrogen and oxygen atoms in total. The van der Waals surface area contributed by atoms with Crippen LogP contribution in [0.15, 0.2) is 17.0 Å². The normalized spacial score (nSPS) is 16.9. The van der Waals surface area contributed by atoms with Crippen molar-refractivity contribution in [3.63, 3.8) is 0 Å². The third-order valence-corrected chi connectivity index (χ3v) is 5.32. The third kappa shape index (κ3) is 3.56. The monoisotopic (exact) mass is 316 g/mol. The van der Waals surface area contributed by atoms with Crippen LogP contribution in [0.4, 0.5) is 10.1 Å². The maximum absolute atomic E-state index is 13.5. The molecule has 0 bridgehead atoms. The minimum Gasteiger partial charge on any atom is -0.258 e. The molecule has 1 N–H and O–H groups in total. The number of halogens is 1. The quantitative estimate of drug-likeness (QED) is 0.683. The molecule has 0 amide bonds. The van der Waals surface area contributed by atoms with Gasteiger partial charge in [-0.25, -0.2) is 13.1 Å². The summed E-state index contributed by atoms with van der Waals surface area (Å²) in [5, 5.41) is 10.8. The number of nitro groups is 1. The van der Waals surface area contributed by atoms with Crippen LogP contribution in [0, 0.1) is 22.9 Å². The minimum absolute atomic E-state index is 0.154. The van der Waals surface area contributed by atoms with Crippen molar-refractivity contribution in [3.8, 4) is 0 Å². The topological polar surface area (TPSA) is 89.3 Å². The smallest absolute Gasteiger partial charge is 0.258 e. The molecular formula is C13H17FN2O4S. The highest BCUT2D eigenvalue weighted by molar-refractivity contribution is 7.89. The molecule has 21 heavy (non-hydrogen) atoms. The molecule has 1 aromatic carbocycles. The summed E-state index contributed by atoms with van der Waals surface area (Å²) < 4.78 is 40.7. The van der Waals surface area contributed by atoms with E-state index in [9.17, 15) is 22.9 Å². The van der Waals surface area contributed by atoms with Gasteiger partial charge in [-0.2, -0.15) is 4.39 Å². The van der Waals surface area contributed by atoms with Crippen LogP contribution in [-0.4, -0.2) is 19.4 Å². The molecule has 1 aliphatic carbocycles. The lowest BCUT2D eigenvalue weighted by atomic mass is 9.96. The van der Waals surface area contributed by atoms with Crippen LogP contribution >= 0.6 is 0 Å². The minimum atomic E-state index is -3.88. The van der Waals surface area contributed by atoms with Crippen molar-refractivity contribution in [2.75, 3.05) is 0 Å². The Labute approximate surface area is 122 Å². The first-order valence-corrected chi connectivity index (χ1v) is 8.26. The number of nitrogens with one attached hydrogen (secondary N) is 1. The van der Waals surface area contributed by atoms with E-state index in [0.717, 1.165) is 44.2 Å². The second kappa shape index (κ2) is 6.07. The Morgan fingerprint density at radius 1 is 1.29 bits per heavy atom. The van der Waals surface area contributed by atoms with Gasteiger partial charge in [0.15, 0.2) is 0 Å². The van der Waals surface area contributed by atoms with Crippen molar-refractivity contribution in [3.05, 3.63) is 33.6 Å². The first-order chi connectivity index (χ1) is 9.81. The van der Waals surface area contributed by atoms with E-state index >= 15 is 0 Å². The predicted molar refractivity (Wildman–Crippen MR) is 75.0 cm³/mol. The van der Waals surface area contributed by atoms with Crippen LogP contribution in [-0.2, 0) is 10.0 Å². The molecule has 0 unspecified atom stereocenters. The molecule has 0 heterocycles. The zero-order valence-corrected chi connectivity index (χ0v) is 12.5. The lowest BCUT2D eigenvalue weighted by Crippen LogP contribution is -2.36. The molecule has 1 saturated carbocycles. The maximum Gasteiger partial charge on any atom is 0.306 e. The van der Waals surface area contributed by atoms with E-state index in [1.54, 1.807) is 0 Å². The van der Waals surface area contributed by atoms with E-state index in [-0.39, 0.29) is 16.5 Å². The molecule has 1 fully saturated rings. The summed E-state index contributed by atoms with van der Waals surface area (Å²) in [6, 6.07) is 1.51. The molecule has 1 aromatic rings. The largest absolute Gasteiger partial charge is 0.306 e. The number of nitrogens with zero attached hydrogens (tertiary/aromatic N) is 1. The maximum atomic E-state index is 13.5. The number of hydrogen-bond donors (Lipinski definition) is 1. The zero-order chi connectivity index (χ0) is 15.6. The van der Waals surface area contributed by atoms with Crippen LogP contribution in [0.25, 0.3) is 0 Å². The summed E-state index contributed by atoms with van der Waals surface area (Å²) in [4.78, 5) is 9.60. The molecule has 0 aliphatic heterocycles. The molecule has 0 spiro atoms. The first kappa shape index (κ1) is 15.8. The summed E-state index contributed by atoms with van der Waals surface area (Å²) in [7, 11) is -3.88. The molecular weight excluding hydrogens is 299 g/mol. The summed E-state index contributed by atoms with van der Waals surface area (Å²) in [5.41, 5.74) is -0.675. The Morgan fingerprint density at radius 3 is 2.48 bits per heavy atom. The second-order valence-electron chi connectivity index (χ2n) is 5.28. The van der Waals surface area contributed by atoms with Crippen LogP contribution in [0.5, 0.6) is 0 Å². The number of benzene rings is 1. The highest BCUT2D eigenvalue weighted by Crippen LogP contribution is 2.26. The summed E-state index contributed by atoms with van der Waals surface area (Å²) in [6.07, 6.45) is 4.49. The highest BCUT2D eigenvalue weighted by atomic mass is 32.2. The molecule has 116 valence electrons. The van der Waals surface area contributed by atoms with Gasteiger partial charge in [0, 0.05) is 12.1 Å². The number of hydrogen-bond acceptors (Lipinski definition) is 4.